The Labute approximate surface area is 133 Å². The summed E-state index contributed by atoms with van der Waals surface area (Å²) in [7, 11) is 3.28. The predicted octanol–water partition coefficient (Wildman–Crippen LogP) is 2.69. The first kappa shape index (κ1) is 15.2. The smallest absolute Gasteiger partial charge is 0.287 e. The molecule has 1 fully saturated rings. The summed E-state index contributed by atoms with van der Waals surface area (Å²) in [4.78, 5) is 12.3. The van der Waals surface area contributed by atoms with Crippen LogP contribution in [0.4, 0.5) is 0 Å². The number of ether oxygens (including phenoxy) is 2. The average molecular weight is 321 g/mol. The fourth-order valence-electron chi connectivity index (χ4n) is 2.60. The number of hydrogen-bond donors (Lipinski definition) is 1. The molecule has 3 rings (SSSR count). The first-order chi connectivity index (χ1) is 10.7. The number of methoxy groups -OCH3 is 2. The van der Waals surface area contributed by atoms with E-state index in [2.05, 4.69) is 5.32 Å². The summed E-state index contributed by atoms with van der Waals surface area (Å²) in [6.45, 7) is 0.490. The third-order valence-electron chi connectivity index (χ3n) is 4.02. The Morgan fingerprint density at radius 2 is 2.32 bits per heavy atom. The molecule has 1 aliphatic rings. The first-order valence-electron chi connectivity index (χ1n) is 7.15. The highest BCUT2D eigenvalue weighted by Crippen LogP contribution is 2.31. The van der Waals surface area contributed by atoms with Crippen molar-refractivity contribution in [1.82, 2.24) is 5.32 Å². The summed E-state index contributed by atoms with van der Waals surface area (Å²) in [5, 5.41) is 3.77. The maximum Gasteiger partial charge on any atom is 0.287 e. The van der Waals surface area contributed by atoms with Crippen LogP contribution in [0.25, 0.3) is 11.0 Å². The number of para-hydroxylation sites is 1. The molecular weight excluding hydrogens is 302 g/mol. The molecule has 0 radical (unpaired) electrons. The van der Waals surface area contributed by atoms with Gasteiger partial charge in [-0.2, -0.15) is 11.8 Å². The molecule has 0 aliphatic carbocycles. The van der Waals surface area contributed by atoms with Crippen LogP contribution in [0.3, 0.4) is 0 Å². The normalized spacial score (nSPS) is 21.2. The molecule has 0 bridgehead atoms. The number of carbonyl (C=O) groups is 1. The van der Waals surface area contributed by atoms with E-state index >= 15 is 0 Å². The minimum Gasteiger partial charge on any atom is -0.493 e. The van der Waals surface area contributed by atoms with Gasteiger partial charge in [0.25, 0.3) is 5.91 Å². The van der Waals surface area contributed by atoms with Crippen molar-refractivity contribution in [1.29, 1.82) is 0 Å². The van der Waals surface area contributed by atoms with Crippen LogP contribution in [0, 0.1) is 0 Å². The highest BCUT2D eigenvalue weighted by Gasteiger charge is 2.35. The fraction of sp³-hybridized carbons (Fsp3) is 0.438. The second-order valence-electron chi connectivity index (χ2n) is 5.36. The zero-order valence-corrected chi connectivity index (χ0v) is 13.5. The Balaban J connectivity index is 1.75. The van der Waals surface area contributed by atoms with Crippen molar-refractivity contribution in [2.45, 2.75) is 12.0 Å². The van der Waals surface area contributed by atoms with Crippen LogP contribution in [0.15, 0.2) is 28.7 Å². The van der Waals surface area contributed by atoms with Crippen LogP contribution in [0.1, 0.15) is 17.0 Å². The van der Waals surface area contributed by atoms with Crippen molar-refractivity contribution >= 4 is 28.6 Å². The fourth-order valence-corrected chi connectivity index (χ4v) is 4.00. The van der Waals surface area contributed by atoms with Gasteiger partial charge in [0, 0.05) is 24.8 Å². The van der Waals surface area contributed by atoms with E-state index in [-0.39, 0.29) is 17.3 Å². The molecule has 1 aliphatic heterocycles. The SMILES string of the molecule is COc1cccc2cc(C(=O)NC[C@]3(OC)CCSC3)oc12. The van der Waals surface area contributed by atoms with E-state index in [0.29, 0.717) is 17.9 Å². The molecule has 0 spiro atoms. The molecule has 1 aromatic carbocycles. The Hall–Kier alpha value is -1.66. The second kappa shape index (κ2) is 6.22. The summed E-state index contributed by atoms with van der Waals surface area (Å²) in [6, 6.07) is 7.30. The highest BCUT2D eigenvalue weighted by molar-refractivity contribution is 7.99. The largest absolute Gasteiger partial charge is 0.493 e. The first-order valence-corrected chi connectivity index (χ1v) is 8.30. The van der Waals surface area contributed by atoms with Gasteiger partial charge < -0.3 is 19.2 Å². The van der Waals surface area contributed by atoms with Gasteiger partial charge >= 0.3 is 0 Å². The van der Waals surface area contributed by atoms with Crippen LogP contribution in [-0.4, -0.2) is 43.8 Å². The van der Waals surface area contributed by atoms with E-state index in [1.165, 1.54) is 0 Å². The quantitative estimate of drug-likeness (QED) is 0.917. The molecule has 5 nitrogen and oxygen atoms in total. The molecule has 0 saturated carbocycles. The minimum atomic E-state index is -0.260. The van der Waals surface area contributed by atoms with Crippen molar-refractivity contribution in [3.63, 3.8) is 0 Å². The van der Waals surface area contributed by atoms with E-state index in [1.807, 2.05) is 30.0 Å². The maximum absolute atomic E-state index is 12.3. The van der Waals surface area contributed by atoms with E-state index < -0.39 is 0 Å². The molecule has 6 heteroatoms. The molecule has 118 valence electrons. The van der Waals surface area contributed by atoms with Gasteiger partial charge in [0.05, 0.1) is 12.7 Å². The van der Waals surface area contributed by atoms with Gasteiger partial charge in [-0.1, -0.05) is 12.1 Å². The third-order valence-corrected chi connectivity index (χ3v) is 5.25. The Morgan fingerprint density at radius 1 is 1.45 bits per heavy atom. The lowest BCUT2D eigenvalue weighted by molar-refractivity contribution is 0.0135. The number of hydrogen-bond acceptors (Lipinski definition) is 5. The van der Waals surface area contributed by atoms with E-state index in [0.717, 1.165) is 23.3 Å². The molecule has 2 heterocycles. The van der Waals surface area contributed by atoms with Crippen LogP contribution in [-0.2, 0) is 4.74 Å². The standard InChI is InChI=1S/C16H19NO4S/c1-19-12-5-3-4-11-8-13(21-14(11)12)15(18)17-9-16(20-2)6-7-22-10-16/h3-5,8H,6-7,9-10H2,1-2H3,(H,17,18)/t16-/m1/s1. The van der Waals surface area contributed by atoms with Crippen LogP contribution >= 0.6 is 11.8 Å². The zero-order chi connectivity index (χ0) is 15.6. The predicted molar refractivity (Wildman–Crippen MR) is 86.8 cm³/mol. The van der Waals surface area contributed by atoms with Crippen molar-refractivity contribution < 1.29 is 18.7 Å². The van der Waals surface area contributed by atoms with Gasteiger partial charge in [-0.05, 0) is 24.3 Å². The number of furan rings is 1. The van der Waals surface area contributed by atoms with Gasteiger partial charge in [-0.15, -0.1) is 0 Å². The second-order valence-corrected chi connectivity index (χ2v) is 6.47. The van der Waals surface area contributed by atoms with Crippen LogP contribution in [0.5, 0.6) is 5.75 Å². The van der Waals surface area contributed by atoms with Gasteiger partial charge in [-0.3, -0.25) is 4.79 Å². The molecule has 1 aromatic heterocycles. The lowest BCUT2D eigenvalue weighted by Gasteiger charge is -2.26. The number of amides is 1. The zero-order valence-electron chi connectivity index (χ0n) is 12.7. The number of benzene rings is 1. The topological polar surface area (TPSA) is 60.7 Å². The Kier molecular flexibility index (Phi) is 4.31. The van der Waals surface area contributed by atoms with E-state index in [4.69, 9.17) is 13.9 Å². The lowest BCUT2D eigenvalue weighted by Crippen LogP contribution is -2.44. The number of nitrogens with one attached hydrogen (secondary N) is 1. The summed E-state index contributed by atoms with van der Waals surface area (Å²) in [5.74, 6) is 2.64. The molecular formula is C16H19NO4S. The maximum atomic E-state index is 12.3. The van der Waals surface area contributed by atoms with E-state index in [1.54, 1.807) is 20.3 Å². The molecule has 0 unspecified atom stereocenters. The monoisotopic (exact) mass is 321 g/mol. The Morgan fingerprint density at radius 3 is 3.00 bits per heavy atom. The van der Waals surface area contributed by atoms with E-state index in [9.17, 15) is 4.79 Å². The van der Waals surface area contributed by atoms with Crippen molar-refractivity contribution in [3.05, 3.63) is 30.0 Å². The summed E-state index contributed by atoms with van der Waals surface area (Å²) >= 11 is 1.85. The van der Waals surface area contributed by atoms with Crippen LogP contribution < -0.4 is 10.1 Å². The van der Waals surface area contributed by atoms with Gasteiger partial charge in [0.15, 0.2) is 17.1 Å². The van der Waals surface area contributed by atoms with Gasteiger partial charge in [0.1, 0.15) is 0 Å². The molecule has 2 aromatic rings. The van der Waals surface area contributed by atoms with Crippen molar-refractivity contribution in [2.24, 2.45) is 0 Å². The van der Waals surface area contributed by atoms with Gasteiger partial charge in [0.2, 0.25) is 0 Å². The molecule has 1 atom stereocenters. The number of thioether (sulfide) groups is 1. The van der Waals surface area contributed by atoms with Crippen LogP contribution in [0.2, 0.25) is 0 Å². The third kappa shape index (κ3) is 2.80. The Bertz CT molecular complexity index is 676. The number of rotatable bonds is 5. The minimum absolute atomic E-state index is 0.230. The van der Waals surface area contributed by atoms with Crippen molar-refractivity contribution in [3.8, 4) is 5.75 Å². The summed E-state index contributed by atoms with van der Waals surface area (Å²) in [5.41, 5.74) is 0.331. The summed E-state index contributed by atoms with van der Waals surface area (Å²) in [6.07, 6.45) is 0.947. The van der Waals surface area contributed by atoms with Crippen molar-refractivity contribution in [2.75, 3.05) is 32.3 Å². The highest BCUT2D eigenvalue weighted by atomic mass is 32.2. The average Bonchev–Trinajstić information content (AvgIpc) is 3.19. The number of carbonyl (C=O) groups excluding carboxylic acids is 1. The molecule has 1 N–H and O–H groups in total. The molecule has 1 saturated heterocycles. The lowest BCUT2D eigenvalue weighted by atomic mass is 10.0. The summed E-state index contributed by atoms with van der Waals surface area (Å²) < 4.78 is 16.5. The molecule has 1 amide bonds. The van der Waals surface area contributed by atoms with Gasteiger partial charge in [-0.25, -0.2) is 0 Å². The molecule has 22 heavy (non-hydrogen) atoms. The number of fused-ring (bicyclic) bond motifs is 1.